The predicted molar refractivity (Wildman–Crippen MR) is 139 cm³/mol. The lowest BCUT2D eigenvalue weighted by Gasteiger charge is -2.22. The van der Waals surface area contributed by atoms with Gasteiger partial charge in [-0.2, -0.15) is 0 Å². The number of nitrogens with zero attached hydrogens (tertiary/aromatic N) is 9. The van der Waals surface area contributed by atoms with Crippen molar-refractivity contribution in [2.24, 2.45) is 0 Å². The number of nitro groups is 1. The molecule has 1 atom stereocenters. The van der Waals surface area contributed by atoms with Gasteiger partial charge in [-0.3, -0.25) is 0 Å². The molecule has 0 radical (unpaired) electrons. The predicted octanol–water partition coefficient (Wildman–Crippen LogP) is 1.55. The maximum Gasteiger partial charge on any atom is 0.355 e. The Bertz CT molecular complexity index is 1560. The van der Waals surface area contributed by atoms with E-state index in [9.17, 15) is 15.2 Å². The molecule has 1 fully saturated rings. The van der Waals surface area contributed by atoms with Crippen molar-refractivity contribution < 1.29 is 15.0 Å². The fraction of sp³-hybridized carbons (Fsp3) is 0.375. The van der Waals surface area contributed by atoms with Crippen LogP contribution in [0.4, 0.5) is 11.6 Å². The lowest BCUT2D eigenvalue weighted by Crippen LogP contribution is -2.29. The maximum atomic E-state index is 11.4. The molecule has 15 nitrogen and oxygen atoms in total. The van der Waals surface area contributed by atoms with E-state index in [0.717, 1.165) is 10.6 Å². The van der Waals surface area contributed by atoms with Gasteiger partial charge in [0.25, 0.3) is 0 Å². The van der Waals surface area contributed by atoms with Gasteiger partial charge in [0, 0.05) is 36.3 Å². The van der Waals surface area contributed by atoms with E-state index in [0.29, 0.717) is 66.1 Å². The molecule has 0 aliphatic carbocycles. The Balaban J connectivity index is 1.36. The Kier molecular flexibility index (Phi) is 5.88. The zero-order chi connectivity index (χ0) is 27.3. The Morgan fingerprint density at radius 3 is 2.90 bits per heavy atom. The van der Waals surface area contributed by atoms with Crippen molar-refractivity contribution in [3.05, 3.63) is 75.4 Å². The fourth-order valence-corrected chi connectivity index (χ4v) is 4.56. The molecule has 0 unspecified atom stereocenters. The van der Waals surface area contributed by atoms with Crippen LogP contribution in [0.3, 0.4) is 0 Å². The maximum absolute atomic E-state index is 11.4. The molecular formula is C24H27N11O4. The van der Waals surface area contributed by atoms with E-state index in [1.807, 2.05) is 37.8 Å². The molecule has 0 spiro atoms. The number of aromatic nitrogens is 6. The number of hydrogen-bond donors (Lipinski definition) is 3. The van der Waals surface area contributed by atoms with Crippen molar-refractivity contribution >= 4 is 22.8 Å². The van der Waals surface area contributed by atoms with Crippen molar-refractivity contribution in [1.29, 1.82) is 0 Å². The van der Waals surface area contributed by atoms with Gasteiger partial charge in [-0.15, -0.1) is 5.10 Å². The minimum absolute atomic E-state index is 0.220. The number of aliphatic hydroxyl groups excluding tert-OH is 1. The fourth-order valence-electron chi connectivity index (χ4n) is 4.56. The van der Waals surface area contributed by atoms with Crippen LogP contribution in [0, 0.1) is 10.1 Å². The third-order valence-electron chi connectivity index (χ3n) is 6.57. The standard InChI is InChI=1S/C24H27N11O4/c1-24(2,3)23-28-21(32-10-8-15(36)13-32)19-22(29-23)33(31-30-19)12-14-5-4-9-25-20(14)27-16-6-7-18(35(37)38)34-17(16)11-26-39-34/h4-7,9,11,15,26,36H,8,10,12-13H2,1-3H3,(H,25,27)/t15-/m0/s1. The number of hydrogen-bond acceptors (Lipinski definition) is 13. The molecule has 3 aromatic rings. The van der Waals surface area contributed by atoms with Crippen LogP contribution in [0.1, 0.15) is 38.6 Å². The summed E-state index contributed by atoms with van der Waals surface area (Å²) in [6.07, 6.45) is 6.37. The van der Waals surface area contributed by atoms with Gasteiger partial charge in [-0.25, -0.2) is 25.1 Å². The second kappa shape index (κ2) is 9.28. The van der Waals surface area contributed by atoms with Crippen LogP contribution in [0.15, 0.2) is 53.9 Å². The average molecular weight is 534 g/mol. The van der Waals surface area contributed by atoms with Crippen LogP contribution in [0.5, 0.6) is 0 Å². The van der Waals surface area contributed by atoms with E-state index >= 15 is 0 Å². The third kappa shape index (κ3) is 4.51. The van der Waals surface area contributed by atoms with E-state index < -0.39 is 11.0 Å². The first kappa shape index (κ1) is 24.7. The SMILES string of the molecule is CC(C)(C)c1nc(N2CC[C@H](O)C2)c2nnn(Cc3cccnc3NC3=CC=C([N+](=O)[O-])N4ONC=C34)c2n1. The van der Waals surface area contributed by atoms with Gasteiger partial charge >= 0.3 is 5.82 Å². The molecular weight excluding hydrogens is 506 g/mol. The molecule has 1 saturated heterocycles. The summed E-state index contributed by atoms with van der Waals surface area (Å²) in [7, 11) is 0. The quantitative estimate of drug-likeness (QED) is 0.308. The van der Waals surface area contributed by atoms with Gasteiger partial charge in [0.1, 0.15) is 11.6 Å². The molecule has 0 bridgehead atoms. The number of fused-ring (bicyclic) bond motifs is 2. The van der Waals surface area contributed by atoms with Crippen molar-refractivity contribution in [3.8, 4) is 0 Å². The minimum atomic E-state index is -0.527. The Hall–Kier alpha value is -4.63. The minimum Gasteiger partial charge on any atom is -0.391 e. The van der Waals surface area contributed by atoms with Crippen LogP contribution in [-0.4, -0.2) is 64.2 Å². The van der Waals surface area contributed by atoms with Crippen LogP contribution in [0.2, 0.25) is 0 Å². The molecule has 39 heavy (non-hydrogen) atoms. The van der Waals surface area contributed by atoms with Crippen LogP contribution < -0.4 is 15.7 Å². The molecule has 6 rings (SSSR count). The topological polar surface area (TPSA) is 173 Å². The van der Waals surface area contributed by atoms with E-state index in [4.69, 9.17) is 14.9 Å². The number of aliphatic hydroxyl groups is 1. The monoisotopic (exact) mass is 533 g/mol. The first-order valence-corrected chi connectivity index (χ1v) is 12.4. The highest BCUT2D eigenvalue weighted by atomic mass is 16.8. The summed E-state index contributed by atoms with van der Waals surface area (Å²) in [6, 6.07) is 3.72. The highest BCUT2D eigenvalue weighted by molar-refractivity contribution is 5.83. The zero-order valence-electron chi connectivity index (χ0n) is 21.6. The van der Waals surface area contributed by atoms with Crippen LogP contribution in [-0.2, 0) is 16.9 Å². The van der Waals surface area contributed by atoms with Crippen molar-refractivity contribution in [1.82, 2.24) is 40.5 Å². The summed E-state index contributed by atoms with van der Waals surface area (Å²) >= 11 is 0. The summed E-state index contributed by atoms with van der Waals surface area (Å²) in [5.74, 6) is 1.63. The summed E-state index contributed by atoms with van der Waals surface area (Å²) in [4.78, 5) is 32.2. The molecule has 0 amide bonds. The first-order valence-electron chi connectivity index (χ1n) is 12.4. The van der Waals surface area contributed by atoms with Crippen molar-refractivity contribution in [3.63, 3.8) is 0 Å². The largest absolute Gasteiger partial charge is 0.391 e. The Morgan fingerprint density at radius 2 is 2.15 bits per heavy atom. The third-order valence-corrected chi connectivity index (χ3v) is 6.57. The number of pyridine rings is 1. The Labute approximate surface area is 222 Å². The first-order chi connectivity index (χ1) is 18.7. The molecule has 3 N–H and O–H groups in total. The smallest absolute Gasteiger partial charge is 0.355 e. The summed E-state index contributed by atoms with van der Waals surface area (Å²) in [5, 5.41) is 34.7. The lowest BCUT2D eigenvalue weighted by atomic mass is 9.96. The number of β-amino-alcohol motifs (C(OH)–C–C–N with tert-alkyl or cyclic N) is 1. The van der Waals surface area contributed by atoms with Gasteiger partial charge in [0.2, 0.25) is 5.70 Å². The molecule has 6 heterocycles. The molecule has 3 aromatic heterocycles. The molecule has 3 aliphatic rings. The Morgan fingerprint density at radius 1 is 1.31 bits per heavy atom. The molecule has 0 saturated carbocycles. The van der Waals surface area contributed by atoms with E-state index in [2.05, 4.69) is 26.1 Å². The van der Waals surface area contributed by atoms with E-state index in [1.165, 1.54) is 12.3 Å². The van der Waals surface area contributed by atoms with Gasteiger partial charge in [-0.05, 0) is 28.5 Å². The number of anilines is 2. The number of allylic oxidation sites excluding steroid dienone is 2. The summed E-state index contributed by atoms with van der Waals surface area (Å²) in [6.45, 7) is 7.59. The highest BCUT2D eigenvalue weighted by Gasteiger charge is 2.37. The second-order valence-corrected chi connectivity index (χ2v) is 10.5. The number of nitrogens with one attached hydrogen (secondary N) is 2. The van der Waals surface area contributed by atoms with Gasteiger partial charge in [-0.1, -0.05) is 37.0 Å². The molecule has 3 aliphatic heterocycles. The van der Waals surface area contributed by atoms with Crippen LogP contribution >= 0.6 is 0 Å². The number of hydroxylamine groups is 3. The van der Waals surface area contributed by atoms with Crippen LogP contribution in [0.25, 0.3) is 11.2 Å². The van der Waals surface area contributed by atoms with E-state index in [-0.39, 0.29) is 11.2 Å². The average Bonchev–Trinajstić information content (AvgIpc) is 3.64. The molecule has 15 heteroatoms. The summed E-state index contributed by atoms with van der Waals surface area (Å²) in [5.41, 5.74) is 5.16. The zero-order valence-corrected chi connectivity index (χ0v) is 21.6. The highest BCUT2D eigenvalue weighted by Crippen LogP contribution is 2.32. The van der Waals surface area contributed by atoms with Gasteiger partial charge in [0.15, 0.2) is 17.0 Å². The van der Waals surface area contributed by atoms with Crippen molar-refractivity contribution in [2.75, 3.05) is 23.3 Å². The van der Waals surface area contributed by atoms with Gasteiger partial charge in [0.05, 0.1) is 24.5 Å². The lowest BCUT2D eigenvalue weighted by molar-refractivity contribution is -0.465. The molecule has 202 valence electrons. The molecule has 0 aromatic carbocycles. The van der Waals surface area contributed by atoms with Gasteiger partial charge < -0.3 is 25.4 Å². The van der Waals surface area contributed by atoms with E-state index in [1.54, 1.807) is 17.0 Å². The second-order valence-electron chi connectivity index (χ2n) is 10.5. The summed E-state index contributed by atoms with van der Waals surface area (Å²) < 4.78 is 1.70. The number of rotatable bonds is 6. The van der Waals surface area contributed by atoms with Crippen molar-refractivity contribution in [2.45, 2.75) is 45.3 Å². The normalized spacial score (nSPS) is 19.0.